The summed E-state index contributed by atoms with van der Waals surface area (Å²) in [5, 5.41) is 0. The van der Waals surface area contributed by atoms with Crippen LogP contribution in [0.15, 0.2) is 48.5 Å². The molecule has 0 saturated heterocycles. The SMILES string of the molecule is CCCCCCCCC(C(F)(F)F)C(Oc1ccccc1C)(Oc1ccccc1C)C(F)(F)F. The summed E-state index contributed by atoms with van der Waals surface area (Å²) in [7, 11) is 0. The normalized spacial score (nSPS) is 13.6. The van der Waals surface area contributed by atoms with E-state index in [0.29, 0.717) is 12.8 Å². The average molecular weight is 491 g/mol. The second-order valence-corrected chi connectivity index (χ2v) is 8.55. The number of halogens is 6. The zero-order valence-corrected chi connectivity index (χ0v) is 19.7. The number of para-hydroxylation sites is 2. The predicted molar refractivity (Wildman–Crippen MR) is 120 cm³/mol. The Bertz CT molecular complexity index is 844. The molecule has 0 aliphatic heterocycles. The Morgan fingerprint density at radius 1 is 0.676 bits per heavy atom. The Labute approximate surface area is 197 Å². The van der Waals surface area contributed by atoms with Gasteiger partial charge in [0.1, 0.15) is 17.4 Å². The van der Waals surface area contributed by atoms with Crippen LogP contribution in [-0.2, 0) is 0 Å². The molecular weight excluding hydrogens is 458 g/mol. The molecule has 0 heterocycles. The molecule has 2 rings (SSSR count). The molecule has 0 saturated carbocycles. The second-order valence-electron chi connectivity index (χ2n) is 8.55. The van der Waals surface area contributed by atoms with Crippen molar-refractivity contribution in [2.45, 2.75) is 83.9 Å². The summed E-state index contributed by atoms with van der Waals surface area (Å²) in [6, 6.07) is 11.3. The van der Waals surface area contributed by atoms with Gasteiger partial charge in [-0.1, -0.05) is 81.8 Å². The lowest BCUT2D eigenvalue weighted by Gasteiger charge is -2.42. The van der Waals surface area contributed by atoms with Crippen LogP contribution in [0.3, 0.4) is 0 Å². The van der Waals surface area contributed by atoms with Crippen molar-refractivity contribution in [3.63, 3.8) is 0 Å². The van der Waals surface area contributed by atoms with Gasteiger partial charge in [-0.15, -0.1) is 0 Å². The van der Waals surface area contributed by atoms with Gasteiger partial charge in [0.25, 0.3) is 0 Å². The highest BCUT2D eigenvalue weighted by Gasteiger charge is 2.71. The lowest BCUT2D eigenvalue weighted by Crippen LogP contribution is -2.64. The van der Waals surface area contributed by atoms with Crippen LogP contribution in [0.5, 0.6) is 11.5 Å². The van der Waals surface area contributed by atoms with E-state index in [1.54, 1.807) is 12.1 Å². The molecule has 190 valence electrons. The van der Waals surface area contributed by atoms with E-state index in [0.717, 1.165) is 19.3 Å². The molecule has 0 radical (unpaired) electrons. The van der Waals surface area contributed by atoms with Gasteiger partial charge in [-0.2, -0.15) is 26.3 Å². The number of hydrogen-bond donors (Lipinski definition) is 0. The summed E-state index contributed by atoms with van der Waals surface area (Å²) < 4.78 is 97.7. The molecule has 0 N–H and O–H groups in total. The maximum atomic E-state index is 14.7. The molecule has 34 heavy (non-hydrogen) atoms. The maximum absolute atomic E-state index is 14.7. The van der Waals surface area contributed by atoms with Gasteiger partial charge < -0.3 is 9.47 Å². The number of hydrogen-bond acceptors (Lipinski definition) is 2. The van der Waals surface area contributed by atoms with E-state index in [1.807, 2.05) is 6.92 Å². The van der Waals surface area contributed by atoms with Crippen LogP contribution in [0.4, 0.5) is 26.3 Å². The minimum absolute atomic E-state index is 0.0278. The Hall–Kier alpha value is -2.38. The number of benzene rings is 2. The Balaban J connectivity index is 2.56. The molecule has 1 unspecified atom stereocenters. The highest BCUT2D eigenvalue weighted by atomic mass is 19.4. The minimum Gasteiger partial charge on any atom is -0.444 e. The van der Waals surface area contributed by atoms with Crippen molar-refractivity contribution in [2.24, 2.45) is 5.92 Å². The summed E-state index contributed by atoms with van der Waals surface area (Å²) in [5.74, 6) is -7.51. The lowest BCUT2D eigenvalue weighted by molar-refractivity contribution is -0.380. The number of rotatable bonds is 12. The first-order valence-electron chi connectivity index (χ1n) is 11.5. The van der Waals surface area contributed by atoms with Crippen LogP contribution in [0.25, 0.3) is 0 Å². The number of aryl methyl sites for hydroxylation is 2. The molecule has 0 fully saturated rings. The van der Waals surface area contributed by atoms with Gasteiger partial charge in [-0.3, -0.25) is 0 Å². The quantitative estimate of drug-likeness (QED) is 0.168. The summed E-state index contributed by atoms with van der Waals surface area (Å²) in [6.07, 6.45) is -7.73. The molecular formula is C26H32F6O2. The van der Waals surface area contributed by atoms with Crippen molar-refractivity contribution in [1.82, 2.24) is 0 Å². The van der Waals surface area contributed by atoms with Crippen molar-refractivity contribution in [3.8, 4) is 11.5 Å². The van der Waals surface area contributed by atoms with Crippen LogP contribution in [0.2, 0.25) is 0 Å². The highest BCUT2D eigenvalue weighted by molar-refractivity contribution is 5.35. The van der Waals surface area contributed by atoms with E-state index in [4.69, 9.17) is 9.47 Å². The summed E-state index contributed by atoms with van der Waals surface area (Å²) in [4.78, 5) is 0. The molecule has 0 aliphatic rings. The Morgan fingerprint density at radius 3 is 1.53 bits per heavy atom. The van der Waals surface area contributed by atoms with Gasteiger partial charge in [0.15, 0.2) is 0 Å². The molecule has 0 amide bonds. The zero-order valence-electron chi connectivity index (χ0n) is 19.7. The molecule has 1 atom stereocenters. The number of unbranched alkanes of at least 4 members (excludes halogenated alkanes) is 5. The van der Waals surface area contributed by atoms with Crippen molar-refractivity contribution < 1.29 is 35.8 Å². The first kappa shape index (κ1) is 27.9. The van der Waals surface area contributed by atoms with Gasteiger partial charge in [-0.25, -0.2) is 0 Å². The third-order valence-corrected chi connectivity index (χ3v) is 5.81. The standard InChI is InChI=1S/C26H32F6O2/c1-4-5-6-7-8-9-18-23(25(27,28)29)24(26(30,31)32,33-21-16-12-10-14-19(21)2)34-22-17-13-11-15-20(22)3/h10-17,23H,4-9,18H2,1-3H3. The van der Waals surface area contributed by atoms with Crippen molar-refractivity contribution >= 4 is 0 Å². The first-order valence-corrected chi connectivity index (χ1v) is 11.5. The smallest absolute Gasteiger partial charge is 0.444 e. The third-order valence-electron chi connectivity index (χ3n) is 5.81. The fourth-order valence-corrected chi connectivity index (χ4v) is 3.84. The zero-order chi connectivity index (χ0) is 25.4. The van der Waals surface area contributed by atoms with E-state index in [1.165, 1.54) is 50.2 Å². The monoisotopic (exact) mass is 490 g/mol. The van der Waals surface area contributed by atoms with Crippen LogP contribution in [-0.4, -0.2) is 18.1 Å². The highest BCUT2D eigenvalue weighted by Crippen LogP contribution is 2.50. The van der Waals surface area contributed by atoms with Gasteiger partial charge in [0, 0.05) is 0 Å². The van der Waals surface area contributed by atoms with Gasteiger partial charge in [0.2, 0.25) is 0 Å². The maximum Gasteiger partial charge on any atom is 0.468 e. The average Bonchev–Trinajstić information content (AvgIpc) is 2.74. The number of ether oxygens (including phenoxy) is 2. The Morgan fingerprint density at radius 2 is 1.12 bits per heavy atom. The van der Waals surface area contributed by atoms with Gasteiger partial charge in [0.05, 0.1) is 0 Å². The summed E-state index contributed by atoms with van der Waals surface area (Å²) in [5.41, 5.74) is 0.537. The molecule has 0 bridgehead atoms. The minimum atomic E-state index is -5.49. The van der Waals surface area contributed by atoms with Crippen LogP contribution >= 0.6 is 0 Å². The molecule has 2 aromatic carbocycles. The molecule has 0 aliphatic carbocycles. The fourth-order valence-electron chi connectivity index (χ4n) is 3.84. The van der Waals surface area contributed by atoms with Crippen LogP contribution < -0.4 is 9.47 Å². The third kappa shape index (κ3) is 7.06. The molecule has 2 nitrogen and oxygen atoms in total. The van der Waals surface area contributed by atoms with E-state index in [2.05, 4.69) is 0 Å². The predicted octanol–water partition coefficient (Wildman–Crippen LogP) is 8.95. The van der Waals surface area contributed by atoms with Gasteiger partial charge >= 0.3 is 18.1 Å². The number of alkyl halides is 6. The topological polar surface area (TPSA) is 18.5 Å². The Kier molecular flexibility index (Phi) is 9.71. The molecule has 2 aromatic rings. The van der Waals surface area contributed by atoms with E-state index in [9.17, 15) is 26.3 Å². The second kappa shape index (κ2) is 11.8. The van der Waals surface area contributed by atoms with Crippen LogP contribution in [0, 0.1) is 19.8 Å². The van der Waals surface area contributed by atoms with E-state index >= 15 is 0 Å². The molecule has 8 heteroatoms. The summed E-state index contributed by atoms with van der Waals surface area (Å²) in [6.45, 7) is 4.95. The fraction of sp³-hybridized carbons (Fsp3) is 0.538. The summed E-state index contributed by atoms with van der Waals surface area (Å²) >= 11 is 0. The van der Waals surface area contributed by atoms with Crippen molar-refractivity contribution in [2.75, 3.05) is 0 Å². The van der Waals surface area contributed by atoms with Gasteiger partial charge in [-0.05, 0) is 43.5 Å². The molecule has 0 aromatic heterocycles. The van der Waals surface area contributed by atoms with E-state index < -0.39 is 30.5 Å². The molecule has 0 spiro atoms. The van der Waals surface area contributed by atoms with Crippen LogP contribution in [0.1, 0.15) is 63.0 Å². The lowest BCUT2D eigenvalue weighted by atomic mass is 9.89. The van der Waals surface area contributed by atoms with Crippen molar-refractivity contribution in [1.29, 1.82) is 0 Å². The van der Waals surface area contributed by atoms with Crippen molar-refractivity contribution in [3.05, 3.63) is 59.7 Å². The van der Waals surface area contributed by atoms with E-state index in [-0.39, 0.29) is 29.0 Å². The largest absolute Gasteiger partial charge is 0.468 e. The first-order chi connectivity index (χ1) is 15.9.